The Kier molecular flexibility index (Phi) is 9.19. The molecule has 1 saturated carbocycles. The molecule has 0 unspecified atom stereocenters. The third kappa shape index (κ3) is 6.23. The van der Waals surface area contributed by atoms with E-state index in [-0.39, 0.29) is 46.1 Å². The third-order valence-electron chi connectivity index (χ3n) is 14.7. The molecule has 9 aromatic rings. The average molecular weight is 932 g/mol. The molecule has 1 saturated heterocycles. The van der Waals surface area contributed by atoms with Gasteiger partial charge in [-0.25, -0.2) is 23.1 Å². The molecule has 0 radical (unpaired) electrons. The van der Waals surface area contributed by atoms with E-state index in [2.05, 4.69) is 46.2 Å². The lowest BCUT2D eigenvalue weighted by molar-refractivity contribution is -0.0592. The largest absolute Gasteiger partial charge is 0.438 e. The fourth-order valence-electron chi connectivity index (χ4n) is 11.2. The van der Waals surface area contributed by atoms with Crippen molar-refractivity contribution >= 4 is 33.4 Å². The summed E-state index contributed by atoms with van der Waals surface area (Å²) in [5, 5.41) is 14.7. The summed E-state index contributed by atoms with van der Waals surface area (Å²) in [4.78, 5) is 52.5. The second kappa shape index (κ2) is 14.9. The lowest BCUT2D eigenvalue weighted by Crippen LogP contribution is -2.39. The van der Waals surface area contributed by atoms with E-state index in [0.29, 0.717) is 69.4 Å². The zero-order valence-electron chi connectivity index (χ0n) is 38.9. The molecule has 1 N–H and O–H groups in total. The van der Waals surface area contributed by atoms with Gasteiger partial charge in [-0.2, -0.15) is 10.2 Å². The second-order valence-corrected chi connectivity index (χ2v) is 19.5. The number of aryl methyl sites for hydroxylation is 3. The highest BCUT2D eigenvalue weighted by atomic mass is 19.1. The minimum Gasteiger partial charge on any atom is -0.376 e. The van der Waals surface area contributed by atoms with Crippen LogP contribution in [0.3, 0.4) is 0 Å². The maximum atomic E-state index is 16.3. The van der Waals surface area contributed by atoms with Crippen LogP contribution in [0.25, 0.3) is 50.3 Å². The molecule has 69 heavy (non-hydrogen) atoms. The molecule has 1 amide bonds. The number of fused-ring (bicyclic) bond motifs is 5. The molecule has 350 valence electrons. The van der Waals surface area contributed by atoms with Gasteiger partial charge in [0, 0.05) is 60.5 Å². The van der Waals surface area contributed by atoms with Crippen LogP contribution in [0, 0.1) is 31.4 Å². The van der Waals surface area contributed by atoms with Gasteiger partial charge < -0.3 is 9.30 Å². The maximum Gasteiger partial charge on any atom is 0.438 e. The molecule has 4 atom stereocenters. The number of aromatic nitrogens is 10. The summed E-state index contributed by atoms with van der Waals surface area (Å²) < 4.78 is 50.5. The first-order valence-electron chi connectivity index (χ1n) is 23.0. The van der Waals surface area contributed by atoms with E-state index in [1.807, 2.05) is 30.5 Å². The number of nitrogens with one attached hydrogen (secondary N) is 1. The highest BCUT2D eigenvalue weighted by Gasteiger charge is 2.59. The van der Waals surface area contributed by atoms with Gasteiger partial charge in [0.15, 0.2) is 17.5 Å². The first kappa shape index (κ1) is 42.6. The smallest absolute Gasteiger partial charge is 0.376 e. The Morgan fingerprint density at radius 2 is 1.65 bits per heavy atom. The molecule has 2 fully saturated rings. The molecule has 16 nitrogen and oxygen atoms in total. The monoisotopic (exact) mass is 931 g/mol. The average Bonchev–Trinajstić information content (AvgIpc) is 3.96. The molecule has 3 aliphatic rings. The van der Waals surface area contributed by atoms with Crippen molar-refractivity contribution in [3.63, 3.8) is 0 Å². The third-order valence-corrected chi connectivity index (χ3v) is 14.7. The second-order valence-electron chi connectivity index (χ2n) is 19.5. The number of aromatic amines is 1. The predicted octanol–water partition coefficient (Wildman–Crippen LogP) is 8.47. The van der Waals surface area contributed by atoms with Gasteiger partial charge in [-0.3, -0.25) is 38.0 Å². The minimum atomic E-state index is -0.926. The molecular weight excluding hydrogens is 885 g/mol. The first-order valence-corrected chi connectivity index (χ1v) is 23.0. The highest BCUT2D eigenvalue weighted by Crippen LogP contribution is 2.57. The van der Waals surface area contributed by atoms with Crippen molar-refractivity contribution in [2.45, 2.75) is 83.9 Å². The van der Waals surface area contributed by atoms with Crippen LogP contribution in [0.5, 0.6) is 0 Å². The van der Waals surface area contributed by atoms with Crippen molar-refractivity contribution in [1.29, 1.82) is 0 Å². The van der Waals surface area contributed by atoms with Crippen LogP contribution < -0.4 is 16.3 Å². The van der Waals surface area contributed by atoms with Gasteiger partial charge >= 0.3 is 11.4 Å². The number of ether oxygens (including phenoxy) is 1. The van der Waals surface area contributed by atoms with Crippen molar-refractivity contribution in [2.75, 3.05) is 11.5 Å². The number of halogens is 2. The van der Waals surface area contributed by atoms with Gasteiger partial charge in [0.25, 0.3) is 5.91 Å². The van der Waals surface area contributed by atoms with E-state index in [9.17, 15) is 9.59 Å². The number of amides is 1. The van der Waals surface area contributed by atoms with Crippen LogP contribution in [0.1, 0.15) is 97.5 Å². The minimum absolute atomic E-state index is 0.0141. The molecule has 3 aromatic carbocycles. The Bertz CT molecular complexity index is 3730. The lowest BCUT2D eigenvalue weighted by atomic mass is 9.83. The Balaban J connectivity index is 1.07. The van der Waals surface area contributed by atoms with Crippen LogP contribution >= 0.6 is 0 Å². The maximum absolute atomic E-state index is 16.3. The number of rotatable bonds is 7. The Morgan fingerprint density at radius 3 is 2.38 bits per heavy atom. The van der Waals surface area contributed by atoms with E-state index >= 15 is 13.6 Å². The quantitative estimate of drug-likeness (QED) is 0.165. The fraction of sp³-hybridized carbons (Fsp3) is 0.314. The number of carbonyl (C=O) groups excluding carboxylic acids is 1. The standard InChI is InChI=1S/C51H47F2N11O5/c1-26-18-33(19-27(2)42(26)52)64-45(61-16-15-60(49(61)67)39-11-10-37-34(43(39)53)25-55-59(37)7)41-29(4)62(38-12-14-54-24-35(38)44(41)57-64)46(65)40-21-32-20-30(31-13-17-68-50(5,6)23-31)8-9-36(32)63(40)51(22-28(51)3)47-56-48(66)69-58-47/h8-12,14-16,18-21,24-25,28-29,31H,13,17,22-23H2,1-7H3,(H,56,58,66)/t28-,29-,31-,51-/m0/s1. The fourth-order valence-corrected chi connectivity index (χ4v) is 11.2. The summed E-state index contributed by atoms with van der Waals surface area (Å²) in [5.74, 6) is -1.31. The molecule has 0 spiro atoms. The molecule has 18 heteroatoms. The van der Waals surface area contributed by atoms with E-state index in [1.165, 1.54) is 33.8 Å². The number of hydrogen-bond acceptors (Lipinski definition) is 9. The van der Waals surface area contributed by atoms with E-state index < -0.39 is 28.8 Å². The number of carbonyl (C=O) groups is 1. The summed E-state index contributed by atoms with van der Waals surface area (Å²) in [7, 11) is 1.71. The summed E-state index contributed by atoms with van der Waals surface area (Å²) in [6, 6.07) is 15.7. The van der Waals surface area contributed by atoms with Crippen LogP contribution in [0.4, 0.5) is 14.5 Å². The molecular formula is C51H47F2N11O5. The Hall–Kier alpha value is -7.73. The number of pyridine rings is 1. The van der Waals surface area contributed by atoms with Crippen LogP contribution in [0.15, 0.2) is 99.7 Å². The van der Waals surface area contributed by atoms with Crippen molar-refractivity contribution in [2.24, 2.45) is 13.0 Å². The zero-order valence-corrected chi connectivity index (χ0v) is 38.9. The van der Waals surface area contributed by atoms with Crippen LogP contribution in [-0.2, 0) is 17.3 Å². The van der Waals surface area contributed by atoms with Crippen molar-refractivity contribution < 1.29 is 22.8 Å². The first-order chi connectivity index (χ1) is 33.1. The molecule has 8 heterocycles. The van der Waals surface area contributed by atoms with Gasteiger partial charge in [-0.05, 0) is 131 Å². The lowest BCUT2D eigenvalue weighted by Gasteiger charge is -2.36. The van der Waals surface area contributed by atoms with Crippen molar-refractivity contribution in [3.05, 3.63) is 152 Å². The normalized spacial score (nSPS) is 20.7. The summed E-state index contributed by atoms with van der Waals surface area (Å²) >= 11 is 0. The molecule has 0 bridgehead atoms. The summed E-state index contributed by atoms with van der Waals surface area (Å²) in [5.41, 5.74) is 4.15. The summed E-state index contributed by atoms with van der Waals surface area (Å²) in [6.45, 7) is 12.1. The zero-order chi connectivity index (χ0) is 48.0. The SMILES string of the molecule is Cc1cc(-n2nc3c(c2-n2ccn(-c4ccc5c(cnn5C)c4F)c2=O)[C@H](C)N(C(=O)c2cc4cc([C@H]5CCOC(C)(C)C5)ccc4n2[C@@]2(c4noc(=O)[nH]4)C[C@@H]2C)c2ccncc2-3)cc(C)c1F. The Morgan fingerprint density at radius 1 is 0.899 bits per heavy atom. The van der Waals surface area contributed by atoms with E-state index in [0.717, 1.165) is 29.3 Å². The van der Waals surface area contributed by atoms with Crippen molar-refractivity contribution in [3.8, 4) is 28.5 Å². The number of imidazole rings is 1. The molecule has 6 aromatic heterocycles. The number of anilines is 1. The predicted molar refractivity (Wildman–Crippen MR) is 253 cm³/mol. The molecule has 1 aliphatic carbocycles. The summed E-state index contributed by atoms with van der Waals surface area (Å²) in [6.07, 6.45) is 9.94. The number of benzene rings is 3. The van der Waals surface area contributed by atoms with Gasteiger partial charge in [-0.15, -0.1) is 0 Å². The van der Waals surface area contributed by atoms with Crippen LogP contribution in [0.2, 0.25) is 0 Å². The van der Waals surface area contributed by atoms with E-state index in [4.69, 9.17) is 14.4 Å². The highest BCUT2D eigenvalue weighted by molar-refractivity contribution is 6.11. The molecule has 12 rings (SSSR count). The topological polar surface area (TPSA) is 169 Å². The van der Waals surface area contributed by atoms with Gasteiger partial charge in [0.1, 0.15) is 22.7 Å². The van der Waals surface area contributed by atoms with Gasteiger partial charge in [0.2, 0.25) is 0 Å². The molecule has 2 aliphatic heterocycles. The van der Waals surface area contributed by atoms with Crippen LogP contribution in [-0.4, -0.2) is 66.5 Å². The van der Waals surface area contributed by atoms with Gasteiger partial charge in [0.05, 0.1) is 45.8 Å². The van der Waals surface area contributed by atoms with E-state index in [1.54, 1.807) is 71.8 Å². The Labute approximate surface area is 392 Å². The van der Waals surface area contributed by atoms with Crippen molar-refractivity contribution in [1.82, 2.24) is 48.4 Å². The number of nitrogens with zero attached hydrogens (tertiary/aromatic N) is 10. The number of hydrogen-bond donors (Lipinski definition) is 1. The number of H-pyrrole nitrogens is 1. The van der Waals surface area contributed by atoms with Gasteiger partial charge in [-0.1, -0.05) is 18.1 Å².